The van der Waals surface area contributed by atoms with Crippen LogP contribution in [-0.2, 0) is 37.8 Å². The van der Waals surface area contributed by atoms with Gasteiger partial charge in [-0.3, -0.25) is 9.36 Å². The van der Waals surface area contributed by atoms with E-state index >= 15 is 0 Å². The Morgan fingerprint density at radius 1 is 1.09 bits per heavy atom. The van der Waals surface area contributed by atoms with E-state index in [1.807, 2.05) is 41.0 Å². The summed E-state index contributed by atoms with van der Waals surface area (Å²) in [6.45, 7) is 2.57. The monoisotopic (exact) mass is 458 g/mol. The molecule has 0 saturated carbocycles. The summed E-state index contributed by atoms with van der Waals surface area (Å²) in [7, 11) is -0.283. The van der Waals surface area contributed by atoms with Gasteiger partial charge in [0, 0.05) is 31.4 Å². The number of hydrogen-bond acceptors (Lipinski definition) is 5. The molecule has 0 atom stereocenters. The minimum atomic E-state index is -3.04. The summed E-state index contributed by atoms with van der Waals surface area (Å²) in [5.41, 5.74) is 9.99. The fourth-order valence-electron chi connectivity index (χ4n) is 3.99. The number of nitrogens with two attached hydrogens (primary N) is 1. The standard InChI is InChI=1S/C24H31N2O5P/c1-4-22-21(15-18-9-6-5-7-10-18)20-12-11-19(16-23(20)26(22)17-24(25)27)31-13-8-14-32(28,29-2)30-3/h5-7,9-12,16H,4,8,13-15,17H2,1-3H3,(H2,25,27). The zero-order valence-corrected chi connectivity index (χ0v) is 19.8. The third-order valence-electron chi connectivity index (χ3n) is 5.53. The molecule has 0 aliphatic heterocycles. The number of aromatic nitrogens is 1. The van der Waals surface area contributed by atoms with E-state index in [2.05, 4.69) is 19.1 Å². The quantitative estimate of drug-likeness (QED) is 0.318. The molecule has 0 fully saturated rings. The highest BCUT2D eigenvalue weighted by Gasteiger charge is 2.21. The van der Waals surface area contributed by atoms with Crippen LogP contribution in [0.1, 0.15) is 30.2 Å². The molecular weight excluding hydrogens is 427 g/mol. The maximum absolute atomic E-state index is 12.2. The molecule has 3 aromatic rings. The first-order valence-corrected chi connectivity index (χ1v) is 12.4. The Balaban J connectivity index is 1.89. The lowest BCUT2D eigenvalue weighted by Gasteiger charge is -2.13. The minimum Gasteiger partial charge on any atom is -0.494 e. The van der Waals surface area contributed by atoms with E-state index in [0.29, 0.717) is 18.8 Å². The van der Waals surface area contributed by atoms with Crippen LogP contribution in [0.15, 0.2) is 48.5 Å². The highest BCUT2D eigenvalue weighted by molar-refractivity contribution is 7.53. The van der Waals surface area contributed by atoms with Gasteiger partial charge in [0.2, 0.25) is 5.91 Å². The molecule has 32 heavy (non-hydrogen) atoms. The molecule has 1 heterocycles. The molecular formula is C24H31N2O5P. The number of benzene rings is 2. The summed E-state index contributed by atoms with van der Waals surface area (Å²) >= 11 is 0. The molecule has 0 aliphatic carbocycles. The Kier molecular flexibility index (Phi) is 8.13. The molecule has 0 bridgehead atoms. The van der Waals surface area contributed by atoms with Crippen LogP contribution in [0, 0.1) is 0 Å². The van der Waals surface area contributed by atoms with Gasteiger partial charge in [0.25, 0.3) is 0 Å². The zero-order chi connectivity index (χ0) is 23.1. The summed E-state index contributed by atoms with van der Waals surface area (Å²) in [5, 5.41) is 1.09. The number of carbonyl (C=O) groups is 1. The maximum atomic E-state index is 12.2. The Bertz CT molecular complexity index is 1100. The van der Waals surface area contributed by atoms with Gasteiger partial charge in [-0.1, -0.05) is 37.3 Å². The summed E-state index contributed by atoms with van der Waals surface area (Å²) in [4.78, 5) is 11.8. The average molecular weight is 458 g/mol. The van der Waals surface area contributed by atoms with Gasteiger partial charge in [-0.15, -0.1) is 0 Å². The number of fused-ring (bicyclic) bond motifs is 1. The van der Waals surface area contributed by atoms with Crippen molar-refractivity contribution in [2.45, 2.75) is 32.7 Å². The highest BCUT2D eigenvalue weighted by atomic mass is 31.2. The van der Waals surface area contributed by atoms with Crippen molar-refractivity contribution in [3.05, 3.63) is 65.4 Å². The van der Waals surface area contributed by atoms with Crippen LogP contribution in [0.25, 0.3) is 10.9 Å². The topological polar surface area (TPSA) is 92.8 Å². The lowest BCUT2D eigenvalue weighted by Crippen LogP contribution is -2.20. The molecule has 0 radical (unpaired) electrons. The molecule has 0 aliphatic rings. The first kappa shape index (κ1) is 24.1. The first-order valence-electron chi connectivity index (χ1n) is 10.7. The third kappa shape index (κ3) is 5.60. The summed E-state index contributed by atoms with van der Waals surface area (Å²) in [6, 6.07) is 16.2. The lowest BCUT2D eigenvalue weighted by atomic mass is 10.0. The van der Waals surface area contributed by atoms with Crippen LogP contribution < -0.4 is 10.5 Å². The van der Waals surface area contributed by atoms with Crippen LogP contribution in [0.5, 0.6) is 5.75 Å². The second-order valence-electron chi connectivity index (χ2n) is 7.57. The Morgan fingerprint density at radius 2 is 1.81 bits per heavy atom. The van der Waals surface area contributed by atoms with Crippen LogP contribution >= 0.6 is 7.60 Å². The predicted octanol–water partition coefficient (Wildman–Crippen LogP) is 4.53. The summed E-state index contributed by atoms with van der Waals surface area (Å²) in [6.07, 6.45) is 2.36. The van der Waals surface area contributed by atoms with Gasteiger partial charge in [-0.25, -0.2) is 0 Å². The molecule has 2 aromatic carbocycles. The van der Waals surface area contributed by atoms with Crippen LogP contribution in [0.4, 0.5) is 0 Å². The average Bonchev–Trinajstić information content (AvgIpc) is 3.08. The van der Waals surface area contributed by atoms with Crippen molar-refractivity contribution in [3.63, 3.8) is 0 Å². The number of rotatable bonds is 12. The van der Waals surface area contributed by atoms with Crippen molar-refractivity contribution >= 4 is 24.4 Å². The van der Waals surface area contributed by atoms with Crippen molar-refractivity contribution in [2.75, 3.05) is 27.0 Å². The van der Waals surface area contributed by atoms with E-state index in [4.69, 9.17) is 19.5 Å². The van der Waals surface area contributed by atoms with Crippen molar-refractivity contribution < 1.29 is 23.1 Å². The van der Waals surface area contributed by atoms with Crippen molar-refractivity contribution in [1.29, 1.82) is 0 Å². The maximum Gasteiger partial charge on any atom is 0.330 e. The van der Waals surface area contributed by atoms with E-state index in [0.717, 1.165) is 29.4 Å². The van der Waals surface area contributed by atoms with Crippen molar-refractivity contribution in [3.8, 4) is 5.75 Å². The lowest BCUT2D eigenvalue weighted by molar-refractivity contribution is -0.118. The van der Waals surface area contributed by atoms with E-state index in [-0.39, 0.29) is 18.6 Å². The molecule has 0 saturated heterocycles. The fourth-order valence-corrected chi connectivity index (χ4v) is 5.02. The molecule has 1 aromatic heterocycles. The van der Waals surface area contributed by atoms with Gasteiger partial charge in [0.15, 0.2) is 0 Å². The SMILES string of the molecule is CCc1c(Cc2ccccc2)c2ccc(OCCCP(=O)(OC)OC)cc2n1CC(N)=O. The van der Waals surface area contributed by atoms with Crippen molar-refractivity contribution in [1.82, 2.24) is 4.57 Å². The first-order chi connectivity index (χ1) is 15.4. The number of hydrogen-bond donors (Lipinski definition) is 1. The zero-order valence-electron chi connectivity index (χ0n) is 18.9. The Morgan fingerprint density at radius 3 is 2.44 bits per heavy atom. The molecule has 172 valence electrons. The summed E-state index contributed by atoms with van der Waals surface area (Å²) < 4.78 is 30.0. The van der Waals surface area contributed by atoms with E-state index < -0.39 is 7.60 Å². The number of ether oxygens (including phenoxy) is 1. The number of nitrogens with zero attached hydrogens (tertiary/aromatic N) is 1. The fraction of sp³-hybridized carbons (Fsp3) is 0.375. The minimum absolute atomic E-state index is 0.114. The van der Waals surface area contributed by atoms with Gasteiger partial charge >= 0.3 is 7.60 Å². The van der Waals surface area contributed by atoms with E-state index in [1.165, 1.54) is 25.3 Å². The number of primary amides is 1. The van der Waals surface area contributed by atoms with Gasteiger partial charge in [0.05, 0.1) is 18.3 Å². The van der Waals surface area contributed by atoms with Gasteiger partial charge < -0.3 is 24.1 Å². The van der Waals surface area contributed by atoms with Gasteiger partial charge in [0.1, 0.15) is 12.3 Å². The summed E-state index contributed by atoms with van der Waals surface area (Å²) in [5.74, 6) is 0.295. The molecule has 2 N–H and O–H groups in total. The van der Waals surface area contributed by atoms with Gasteiger partial charge in [-0.05, 0) is 42.5 Å². The molecule has 0 unspecified atom stereocenters. The van der Waals surface area contributed by atoms with Crippen LogP contribution in [-0.4, -0.2) is 37.5 Å². The number of amides is 1. The largest absolute Gasteiger partial charge is 0.494 e. The van der Waals surface area contributed by atoms with Crippen molar-refractivity contribution in [2.24, 2.45) is 5.73 Å². The molecule has 0 spiro atoms. The third-order valence-corrected chi connectivity index (χ3v) is 7.51. The van der Waals surface area contributed by atoms with Crippen LogP contribution in [0.3, 0.4) is 0 Å². The molecule has 7 nitrogen and oxygen atoms in total. The molecule has 3 rings (SSSR count). The van der Waals surface area contributed by atoms with Crippen LogP contribution in [0.2, 0.25) is 0 Å². The second-order valence-corrected chi connectivity index (χ2v) is 9.97. The second kappa shape index (κ2) is 10.8. The van der Waals surface area contributed by atoms with E-state index in [1.54, 1.807) is 0 Å². The molecule has 8 heteroatoms. The normalized spacial score (nSPS) is 11.7. The Hall–Kier alpha value is -2.60. The van der Waals surface area contributed by atoms with E-state index in [9.17, 15) is 9.36 Å². The predicted molar refractivity (Wildman–Crippen MR) is 126 cm³/mol. The van der Waals surface area contributed by atoms with Gasteiger partial charge in [-0.2, -0.15) is 0 Å². The molecule has 1 amide bonds. The highest BCUT2D eigenvalue weighted by Crippen LogP contribution is 2.46. The number of carbonyl (C=O) groups excluding carboxylic acids is 1. The smallest absolute Gasteiger partial charge is 0.330 e. The Labute approximate surface area is 189 Å².